The summed E-state index contributed by atoms with van der Waals surface area (Å²) in [7, 11) is 0. The number of hydrogen-bond acceptors (Lipinski definition) is 3. The Hall–Kier alpha value is -0.710. The topological polar surface area (TPSA) is 58.2 Å². The monoisotopic (exact) mass is 268 g/mol. The predicted molar refractivity (Wildman–Crippen MR) is 71.2 cm³/mol. The molecule has 2 amide bonds. The highest BCUT2D eigenvalue weighted by Crippen LogP contribution is 2.55. The van der Waals surface area contributed by atoms with E-state index < -0.39 is 11.1 Å². The standard InChI is InChI=1S/C13H20N2O2S/c1-12(2)10(16)15-13(11(17)14-12)6-7-4-8(13)9(5-7)18-3/h7-9H,4-6H2,1-3H3,(H,14,17)(H,15,16)/t7-,8+,9-,13-/m1/s1. The first-order chi connectivity index (χ1) is 8.39. The number of nitrogens with one attached hydrogen (secondary N) is 2. The lowest BCUT2D eigenvalue weighted by Gasteiger charge is -2.47. The highest BCUT2D eigenvalue weighted by molar-refractivity contribution is 7.99. The lowest BCUT2D eigenvalue weighted by molar-refractivity contribution is -0.147. The van der Waals surface area contributed by atoms with Gasteiger partial charge in [0.05, 0.1) is 0 Å². The third-order valence-corrected chi connectivity index (χ3v) is 6.01. The first kappa shape index (κ1) is 12.3. The molecule has 0 aromatic heterocycles. The number of carbonyl (C=O) groups is 2. The molecule has 0 aromatic carbocycles. The van der Waals surface area contributed by atoms with Gasteiger partial charge in [0.2, 0.25) is 11.8 Å². The van der Waals surface area contributed by atoms with Crippen molar-refractivity contribution in [2.24, 2.45) is 11.8 Å². The van der Waals surface area contributed by atoms with Crippen LogP contribution < -0.4 is 10.6 Å². The van der Waals surface area contributed by atoms with E-state index in [2.05, 4.69) is 16.9 Å². The van der Waals surface area contributed by atoms with E-state index in [-0.39, 0.29) is 11.8 Å². The maximum atomic E-state index is 12.5. The molecule has 2 N–H and O–H groups in total. The molecule has 4 atom stereocenters. The van der Waals surface area contributed by atoms with Gasteiger partial charge >= 0.3 is 0 Å². The van der Waals surface area contributed by atoms with Gasteiger partial charge in [-0.05, 0) is 45.3 Å². The van der Waals surface area contributed by atoms with Crippen LogP contribution >= 0.6 is 11.8 Å². The number of rotatable bonds is 1. The summed E-state index contributed by atoms with van der Waals surface area (Å²) in [5.41, 5.74) is -1.40. The summed E-state index contributed by atoms with van der Waals surface area (Å²) in [5.74, 6) is 0.880. The molecule has 4 nitrogen and oxygen atoms in total. The number of carbonyl (C=O) groups excluding carboxylic acids is 2. The molecule has 3 fully saturated rings. The molecule has 0 aromatic rings. The van der Waals surface area contributed by atoms with Crippen molar-refractivity contribution in [2.75, 3.05) is 6.26 Å². The second-order valence-electron chi connectivity index (χ2n) is 6.43. The van der Waals surface area contributed by atoms with Crippen molar-refractivity contribution in [1.29, 1.82) is 0 Å². The van der Waals surface area contributed by atoms with Crippen LogP contribution in [-0.4, -0.2) is 34.4 Å². The molecular formula is C13H20N2O2S. The predicted octanol–water partition coefficient (Wildman–Crippen LogP) is 0.911. The Morgan fingerprint density at radius 1 is 1.17 bits per heavy atom. The Morgan fingerprint density at radius 2 is 1.89 bits per heavy atom. The van der Waals surface area contributed by atoms with Crippen molar-refractivity contribution in [3.8, 4) is 0 Å². The van der Waals surface area contributed by atoms with Crippen LogP contribution in [0.2, 0.25) is 0 Å². The van der Waals surface area contributed by atoms with E-state index in [1.807, 2.05) is 11.8 Å². The minimum Gasteiger partial charge on any atom is -0.340 e. The highest BCUT2D eigenvalue weighted by Gasteiger charge is 2.63. The maximum Gasteiger partial charge on any atom is 0.246 e. The van der Waals surface area contributed by atoms with E-state index in [0.717, 1.165) is 12.8 Å². The minimum absolute atomic E-state index is 0.0263. The summed E-state index contributed by atoms with van der Waals surface area (Å²) in [6.07, 6.45) is 5.20. The van der Waals surface area contributed by atoms with Crippen LogP contribution in [0.4, 0.5) is 0 Å². The van der Waals surface area contributed by atoms with Crippen molar-refractivity contribution >= 4 is 23.6 Å². The summed E-state index contributed by atoms with van der Waals surface area (Å²) < 4.78 is 0. The molecule has 2 aliphatic carbocycles. The second kappa shape index (κ2) is 3.65. The Morgan fingerprint density at radius 3 is 2.50 bits per heavy atom. The van der Waals surface area contributed by atoms with Gasteiger partial charge in [-0.3, -0.25) is 9.59 Å². The fraction of sp³-hybridized carbons (Fsp3) is 0.846. The van der Waals surface area contributed by atoms with Crippen molar-refractivity contribution < 1.29 is 9.59 Å². The zero-order valence-corrected chi connectivity index (χ0v) is 11.9. The molecular weight excluding hydrogens is 248 g/mol. The van der Waals surface area contributed by atoms with Gasteiger partial charge in [0.25, 0.3) is 0 Å². The number of piperazine rings is 1. The number of hydrogen-bond donors (Lipinski definition) is 2. The quantitative estimate of drug-likeness (QED) is 0.743. The van der Waals surface area contributed by atoms with Gasteiger partial charge in [-0.1, -0.05) is 0 Å². The fourth-order valence-corrected chi connectivity index (χ4v) is 5.06. The zero-order valence-electron chi connectivity index (χ0n) is 11.1. The van der Waals surface area contributed by atoms with Crippen molar-refractivity contribution in [3.63, 3.8) is 0 Å². The fourth-order valence-electron chi connectivity index (χ4n) is 3.92. The largest absolute Gasteiger partial charge is 0.340 e. The van der Waals surface area contributed by atoms with Crippen LogP contribution in [0, 0.1) is 11.8 Å². The molecule has 100 valence electrons. The van der Waals surface area contributed by atoms with Gasteiger partial charge in [-0.15, -0.1) is 0 Å². The van der Waals surface area contributed by atoms with Gasteiger partial charge < -0.3 is 10.6 Å². The van der Waals surface area contributed by atoms with Crippen molar-refractivity contribution in [1.82, 2.24) is 10.6 Å². The molecule has 1 saturated heterocycles. The van der Waals surface area contributed by atoms with Crippen LogP contribution in [0.3, 0.4) is 0 Å². The van der Waals surface area contributed by atoms with Gasteiger partial charge in [0.15, 0.2) is 0 Å². The molecule has 5 heteroatoms. The normalized spacial score (nSPS) is 45.2. The third-order valence-electron chi connectivity index (χ3n) is 4.88. The third kappa shape index (κ3) is 1.46. The molecule has 2 saturated carbocycles. The van der Waals surface area contributed by atoms with Crippen molar-refractivity contribution in [2.45, 2.75) is 49.4 Å². The summed E-state index contributed by atoms with van der Waals surface area (Å²) in [6.45, 7) is 3.51. The highest BCUT2D eigenvalue weighted by atomic mass is 32.2. The molecule has 3 aliphatic rings. The van der Waals surface area contributed by atoms with E-state index in [9.17, 15) is 9.59 Å². The molecule has 1 spiro atoms. The van der Waals surface area contributed by atoms with Crippen LogP contribution in [0.1, 0.15) is 33.1 Å². The Bertz CT molecular complexity index is 423. The van der Waals surface area contributed by atoms with Crippen molar-refractivity contribution in [3.05, 3.63) is 0 Å². The Kier molecular flexibility index (Phi) is 2.50. The maximum absolute atomic E-state index is 12.5. The van der Waals surface area contributed by atoms with E-state index >= 15 is 0 Å². The summed E-state index contributed by atoms with van der Waals surface area (Å²) in [5, 5.41) is 6.48. The first-order valence-corrected chi connectivity index (χ1v) is 7.86. The molecule has 3 rings (SSSR count). The Balaban J connectivity index is 1.93. The van der Waals surface area contributed by atoms with Gasteiger partial charge in [0, 0.05) is 11.2 Å². The lowest BCUT2D eigenvalue weighted by atomic mass is 9.76. The van der Waals surface area contributed by atoms with Crippen LogP contribution in [0.5, 0.6) is 0 Å². The van der Waals surface area contributed by atoms with Crippen LogP contribution in [0.15, 0.2) is 0 Å². The SMILES string of the molecule is CS[C@@H]1C[C@H]2C[C@@H]1[C@@]1(C2)NC(=O)C(C)(C)NC1=O. The average molecular weight is 268 g/mol. The van der Waals surface area contributed by atoms with Crippen LogP contribution in [0.25, 0.3) is 0 Å². The van der Waals surface area contributed by atoms with E-state index in [1.165, 1.54) is 6.42 Å². The average Bonchev–Trinajstić information content (AvgIpc) is 2.83. The number of thioether (sulfide) groups is 1. The molecule has 1 heterocycles. The Labute approximate surface area is 112 Å². The molecule has 18 heavy (non-hydrogen) atoms. The molecule has 1 aliphatic heterocycles. The summed E-state index contributed by atoms with van der Waals surface area (Å²) in [6, 6.07) is 0. The van der Waals surface area contributed by atoms with Gasteiger partial charge in [0.1, 0.15) is 11.1 Å². The van der Waals surface area contributed by atoms with Crippen LogP contribution in [-0.2, 0) is 9.59 Å². The first-order valence-electron chi connectivity index (χ1n) is 6.57. The number of amides is 2. The second-order valence-corrected chi connectivity index (χ2v) is 7.50. The van der Waals surface area contributed by atoms with E-state index in [4.69, 9.17) is 0 Å². The molecule has 0 radical (unpaired) electrons. The minimum atomic E-state index is -0.779. The van der Waals surface area contributed by atoms with Gasteiger partial charge in [-0.25, -0.2) is 0 Å². The van der Waals surface area contributed by atoms with Gasteiger partial charge in [-0.2, -0.15) is 11.8 Å². The molecule has 0 unspecified atom stereocenters. The van der Waals surface area contributed by atoms with E-state index in [1.54, 1.807) is 13.8 Å². The summed E-state index contributed by atoms with van der Waals surface area (Å²) >= 11 is 1.83. The summed E-state index contributed by atoms with van der Waals surface area (Å²) in [4.78, 5) is 24.7. The number of fused-ring (bicyclic) bond motifs is 3. The zero-order chi connectivity index (χ0) is 13.1. The smallest absolute Gasteiger partial charge is 0.246 e. The molecule has 2 bridgehead atoms. The van der Waals surface area contributed by atoms with E-state index in [0.29, 0.717) is 17.1 Å². The lowest BCUT2D eigenvalue weighted by Crippen LogP contribution is -2.75.